The molecule has 0 aromatic carbocycles. The molecule has 1 amide bonds. The average molecular weight is 310 g/mol. The van der Waals surface area contributed by atoms with Crippen LogP contribution in [0.5, 0.6) is 0 Å². The van der Waals surface area contributed by atoms with E-state index in [1.807, 2.05) is 40.9 Å². The molecule has 126 valence electrons. The van der Waals surface area contributed by atoms with Gasteiger partial charge in [-0.1, -0.05) is 12.5 Å². The van der Waals surface area contributed by atoms with Crippen LogP contribution in [0.1, 0.15) is 47.5 Å². The molecule has 1 aliphatic heterocycles. The maximum Gasteiger partial charge on any atom is 0.410 e. The standard InChI is InChI=1S/C17H30N2O3/c1-12(10-18-6)9-15(20)14-11-19(8-7-13(14)2)16(21)22-17(3,4)5/h10,13-14,18H,7-9,11H2,1-6H3/b12-10-. The van der Waals surface area contributed by atoms with Gasteiger partial charge in [0.25, 0.3) is 0 Å². The summed E-state index contributed by atoms with van der Waals surface area (Å²) < 4.78 is 5.41. The lowest BCUT2D eigenvalue weighted by Crippen LogP contribution is -2.47. The summed E-state index contributed by atoms with van der Waals surface area (Å²) in [5.74, 6) is 0.389. The number of piperidine rings is 1. The number of hydrogen-bond acceptors (Lipinski definition) is 4. The van der Waals surface area contributed by atoms with Crippen LogP contribution in [0.2, 0.25) is 0 Å². The van der Waals surface area contributed by atoms with E-state index >= 15 is 0 Å². The number of rotatable bonds is 4. The molecule has 0 radical (unpaired) electrons. The van der Waals surface area contributed by atoms with Gasteiger partial charge in [0.1, 0.15) is 11.4 Å². The largest absolute Gasteiger partial charge is 0.444 e. The minimum atomic E-state index is -0.508. The van der Waals surface area contributed by atoms with Crippen LogP contribution in [0, 0.1) is 11.8 Å². The molecule has 5 nitrogen and oxygen atoms in total. The summed E-state index contributed by atoms with van der Waals surface area (Å²) in [4.78, 5) is 26.4. The molecule has 1 aliphatic rings. The molecular weight excluding hydrogens is 280 g/mol. The molecule has 0 saturated carbocycles. The van der Waals surface area contributed by atoms with Gasteiger partial charge in [-0.15, -0.1) is 0 Å². The average Bonchev–Trinajstić information content (AvgIpc) is 2.37. The molecule has 2 unspecified atom stereocenters. The third-order valence-corrected chi connectivity index (χ3v) is 3.87. The first-order valence-electron chi connectivity index (χ1n) is 7.97. The second-order valence-electron chi connectivity index (χ2n) is 7.22. The Balaban J connectivity index is 2.69. The SMILES string of the molecule is CN/C=C(/C)CC(=O)C1CN(C(=O)OC(C)(C)C)CCC1C. The molecule has 0 aliphatic carbocycles. The van der Waals surface area contributed by atoms with E-state index in [1.165, 1.54) is 0 Å². The smallest absolute Gasteiger partial charge is 0.410 e. The number of ether oxygens (including phenoxy) is 1. The summed E-state index contributed by atoms with van der Waals surface area (Å²) in [6, 6.07) is 0. The number of likely N-dealkylation sites (tertiary alicyclic amines) is 1. The van der Waals surface area contributed by atoms with Crippen LogP contribution in [0.4, 0.5) is 4.79 Å². The van der Waals surface area contributed by atoms with Crippen LogP contribution in [-0.4, -0.2) is 42.5 Å². The molecule has 0 aromatic rings. The lowest BCUT2D eigenvalue weighted by Gasteiger charge is -2.37. The first kappa shape index (κ1) is 18.5. The van der Waals surface area contributed by atoms with E-state index in [1.54, 1.807) is 4.90 Å². The molecule has 0 aromatic heterocycles. The summed E-state index contributed by atoms with van der Waals surface area (Å²) in [6.45, 7) is 10.7. The second-order valence-corrected chi connectivity index (χ2v) is 7.22. The van der Waals surface area contributed by atoms with Crippen molar-refractivity contribution in [3.8, 4) is 0 Å². The fraction of sp³-hybridized carbons (Fsp3) is 0.765. The number of nitrogens with one attached hydrogen (secondary N) is 1. The molecule has 1 rings (SSSR count). The van der Waals surface area contributed by atoms with Gasteiger partial charge < -0.3 is 15.0 Å². The van der Waals surface area contributed by atoms with E-state index in [9.17, 15) is 9.59 Å². The van der Waals surface area contributed by atoms with Crippen LogP contribution in [0.3, 0.4) is 0 Å². The molecule has 0 spiro atoms. The highest BCUT2D eigenvalue weighted by molar-refractivity contribution is 5.84. The van der Waals surface area contributed by atoms with Gasteiger partial charge in [0, 0.05) is 32.5 Å². The van der Waals surface area contributed by atoms with E-state index in [0.29, 0.717) is 25.4 Å². The predicted octanol–water partition coefficient (Wildman–Crippen LogP) is 2.96. The van der Waals surface area contributed by atoms with Gasteiger partial charge in [0.15, 0.2) is 0 Å². The Hall–Kier alpha value is -1.52. The van der Waals surface area contributed by atoms with Gasteiger partial charge in [0.05, 0.1) is 0 Å². The number of ketones is 1. The lowest BCUT2D eigenvalue weighted by atomic mass is 9.82. The number of carbonyl (C=O) groups excluding carboxylic acids is 2. The van der Waals surface area contributed by atoms with E-state index in [4.69, 9.17) is 4.74 Å². The number of hydrogen-bond donors (Lipinski definition) is 1. The molecule has 1 N–H and O–H groups in total. The molecule has 0 bridgehead atoms. The summed E-state index contributed by atoms with van der Waals surface area (Å²) >= 11 is 0. The zero-order chi connectivity index (χ0) is 16.9. The van der Waals surface area contributed by atoms with Crippen molar-refractivity contribution < 1.29 is 14.3 Å². The highest BCUT2D eigenvalue weighted by Crippen LogP contribution is 2.27. The molecule has 2 atom stereocenters. The molecule has 1 saturated heterocycles. The Kier molecular flexibility index (Phi) is 6.45. The maximum atomic E-state index is 12.5. The topological polar surface area (TPSA) is 58.6 Å². The Morgan fingerprint density at radius 2 is 2.00 bits per heavy atom. The molecule has 1 heterocycles. The predicted molar refractivity (Wildman–Crippen MR) is 87.5 cm³/mol. The van der Waals surface area contributed by atoms with Crippen molar-refractivity contribution in [2.45, 2.75) is 53.1 Å². The summed E-state index contributed by atoms with van der Waals surface area (Å²) in [5, 5.41) is 2.94. The number of carbonyl (C=O) groups is 2. The van der Waals surface area contributed by atoms with Gasteiger partial charge in [-0.25, -0.2) is 4.79 Å². The second kappa shape index (κ2) is 7.65. The Morgan fingerprint density at radius 1 is 1.36 bits per heavy atom. The van der Waals surface area contributed by atoms with Crippen molar-refractivity contribution in [2.75, 3.05) is 20.1 Å². The third kappa shape index (κ3) is 5.70. The number of amides is 1. The van der Waals surface area contributed by atoms with Gasteiger partial charge >= 0.3 is 6.09 Å². The van der Waals surface area contributed by atoms with Crippen LogP contribution in [-0.2, 0) is 9.53 Å². The minimum Gasteiger partial charge on any atom is -0.444 e. The zero-order valence-electron chi connectivity index (χ0n) is 14.7. The van der Waals surface area contributed by atoms with Gasteiger partial charge in [-0.05, 0) is 46.2 Å². The lowest BCUT2D eigenvalue weighted by molar-refractivity contribution is -0.125. The molecular formula is C17H30N2O3. The normalized spacial score (nSPS) is 23.2. The summed E-state index contributed by atoms with van der Waals surface area (Å²) in [7, 11) is 1.82. The van der Waals surface area contributed by atoms with Crippen molar-refractivity contribution >= 4 is 11.9 Å². The Morgan fingerprint density at radius 3 is 2.55 bits per heavy atom. The maximum absolute atomic E-state index is 12.5. The highest BCUT2D eigenvalue weighted by atomic mass is 16.6. The number of allylic oxidation sites excluding steroid dienone is 1. The van der Waals surface area contributed by atoms with E-state index in [-0.39, 0.29) is 17.8 Å². The summed E-state index contributed by atoms with van der Waals surface area (Å²) in [5.41, 5.74) is 0.500. The number of Topliss-reactive ketones (excluding diaryl/α,β-unsaturated/α-hetero) is 1. The number of nitrogens with zero attached hydrogens (tertiary/aromatic N) is 1. The van der Waals surface area contributed by atoms with Gasteiger partial charge in [-0.3, -0.25) is 4.79 Å². The van der Waals surface area contributed by atoms with Crippen LogP contribution in [0.15, 0.2) is 11.8 Å². The van der Waals surface area contributed by atoms with Gasteiger partial charge in [0.2, 0.25) is 0 Å². The zero-order valence-corrected chi connectivity index (χ0v) is 14.7. The van der Waals surface area contributed by atoms with Crippen molar-refractivity contribution in [3.63, 3.8) is 0 Å². The van der Waals surface area contributed by atoms with E-state index < -0.39 is 5.60 Å². The highest BCUT2D eigenvalue weighted by Gasteiger charge is 2.34. The minimum absolute atomic E-state index is 0.110. The van der Waals surface area contributed by atoms with Crippen molar-refractivity contribution in [1.82, 2.24) is 10.2 Å². The van der Waals surface area contributed by atoms with E-state index in [0.717, 1.165) is 12.0 Å². The Bertz CT molecular complexity index is 438. The molecule has 22 heavy (non-hydrogen) atoms. The fourth-order valence-corrected chi connectivity index (χ4v) is 2.68. The van der Waals surface area contributed by atoms with Crippen molar-refractivity contribution in [1.29, 1.82) is 0 Å². The van der Waals surface area contributed by atoms with E-state index in [2.05, 4.69) is 12.2 Å². The van der Waals surface area contributed by atoms with Crippen molar-refractivity contribution in [2.24, 2.45) is 11.8 Å². The van der Waals surface area contributed by atoms with Crippen LogP contribution >= 0.6 is 0 Å². The third-order valence-electron chi connectivity index (χ3n) is 3.87. The van der Waals surface area contributed by atoms with Crippen LogP contribution < -0.4 is 5.32 Å². The monoisotopic (exact) mass is 310 g/mol. The van der Waals surface area contributed by atoms with Crippen LogP contribution in [0.25, 0.3) is 0 Å². The summed E-state index contributed by atoms with van der Waals surface area (Å²) in [6.07, 6.45) is 2.79. The van der Waals surface area contributed by atoms with Gasteiger partial charge in [-0.2, -0.15) is 0 Å². The molecule has 1 fully saturated rings. The quantitative estimate of drug-likeness (QED) is 0.867. The first-order valence-corrected chi connectivity index (χ1v) is 7.97. The Labute approximate surface area is 134 Å². The van der Waals surface area contributed by atoms with Crippen molar-refractivity contribution in [3.05, 3.63) is 11.8 Å². The first-order chi connectivity index (χ1) is 10.1. The molecule has 5 heteroatoms. The fourth-order valence-electron chi connectivity index (χ4n) is 2.68.